The Bertz CT molecular complexity index is 481. The fraction of sp³-hybridized carbons (Fsp3) is 0.733. The molecule has 0 fully saturated rings. The molecule has 0 aliphatic heterocycles. The SMILES string of the molecule is [N-]=[N+]=CC(=O)CC[C@H](N)C(=O)NCCOCCOCCOCCC(=O)O. The topological polar surface area (TPSA) is 174 Å². The molecule has 0 aliphatic carbocycles. The number of ketones is 1. The lowest BCUT2D eigenvalue weighted by Crippen LogP contribution is -2.42. The number of ether oxygens (including phenoxy) is 3. The number of aliphatic carboxylic acids is 1. The summed E-state index contributed by atoms with van der Waals surface area (Å²) in [5.41, 5.74) is 13.8. The molecule has 0 heterocycles. The van der Waals surface area contributed by atoms with Crippen LogP contribution in [0.1, 0.15) is 19.3 Å². The Morgan fingerprint density at radius 1 is 1.04 bits per heavy atom. The molecule has 0 aromatic heterocycles. The van der Waals surface area contributed by atoms with Crippen LogP contribution < -0.4 is 11.1 Å². The summed E-state index contributed by atoms with van der Waals surface area (Å²) in [6.07, 6.45) is 0.904. The van der Waals surface area contributed by atoms with Crippen molar-refractivity contribution in [1.29, 1.82) is 0 Å². The summed E-state index contributed by atoms with van der Waals surface area (Å²) < 4.78 is 15.5. The van der Waals surface area contributed by atoms with Gasteiger partial charge in [-0.3, -0.25) is 14.4 Å². The van der Waals surface area contributed by atoms with Gasteiger partial charge >= 0.3 is 12.2 Å². The molecule has 0 aromatic rings. The quantitative estimate of drug-likeness (QED) is 0.121. The summed E-state index contributed by atoms with van der Waals surface area (Å²) >= 11 is 0. The van der Waals surface area contributed by atoms with Crippen LogP contribution in [0.15, 0.2) is 0 Å². The monoisotopic (exact) mass is 374 g/mol. The first-order valence-corrected chi connectivity index (χ1v) is 8.16. The Labute approximate surface area is 151 Å². The number of carbonyl (C=O) groups excluding carboxylic acids is 2. The first-order chi connectivity index (χ1) is 12.5. The van der Waals surface area contributed by atoms with E-state index in [1.54, 1.807) is 0 Å². The highest BCUT2D eigenvalue weighted by Crippen LogP contribution is 1.95. The minimum Gasteiger partial charge on any atom is -0.481 e. The normalized spacial score (nSPS) is 11.4. The molecule has 11 nitrogen and oxygen atoms in total. The number of nitrogens with one attached hydrogen (secondary N) is 1. The molecular weight excluding hydrogens is 348 g/mol. The highest BCUT2D eigenvalue weighted by atomic mass is 16.5. The fourth-order valence-corrected chi connectivity index (χ4v) is 1.64. The number of amides is 1. The van der Waals surface area contributed by atoms with Crippen LogP contribution in [0, 0.1) is 0 Å². The van der Waals surface area contributed by atoms with E-state index >= 15 is 0 Å². The van der Waals surface area contributed by atoms with Crippen molar-refractivity contribution < 1.29 is 38.5 Å². The molecule has 4 N–H and O–H groups in total. The zero-order chi connectivity index (χ0) is 19.6. The van der Waals surface area contributed by atoms with Gasteiger partial charge in [-0.2, -0.15) is 4.79 Å². The molecule has 0 saturated heterocycles. The van der Waals surface area contributed by atoms with Crippen molar-refractivity contribution in [3.05, 3.63) is 5.53 Å². The second-order valence-corrected chi connectivity index (χ2v) is 5.13. The maximum absolute atomic E-state index is 11.7. The molecule has 1 atom stereocenters. The van der Waals surface area contributed by atoms with Gasteiger partial charge in [0, 0.05) is 13.0 Å². The van der Waals surface area contributed by atoms with E-state index in [0.29, 0.717) is 26.4 Å². The van der Waals surface area contributed by atoms with Crippen LogP contribution in [-0.4, -0.2) is 86.0 Å². The Morgan fingerprint density at radius 3 is 2.19 bits per heavy atom. The first-order valence-electron chi connectivity index (χ1n) is 8.16. The summed E-state index contributed by atoms with van der Waals surface area (Å²) in [5.74, 6) is -1.71. The maximum Gasteiger partial charge on any atom is 0.323 e. The molecule has 11 heteroatoms. The zero-order valence-electron chi connectivity index (χ0n) is 14.6. The molecule has 0 saturated carbocycles. The predicted molar refractivity (Wildman–Crippen MR) is 89.6 cm³/mol. The Kier molecular flexibility index (Phi) is 14.9. The van der Waals surface area contributed by atoms with Gasteiger partial charge in [0.2, 0.25) is 11.7 Å². The third-order valence-corrected chi connectivity index (χ3v) is 2.99. The van der Waals surface area contributed by atoms with Crippen molar-refractivity contribution in [3.8, 4) is 0 Å². The third kappa shape index (κ3) is 15.4. The van der Waals surface area contributed by atoms with Crippen molar-refractivity contribution >= 4 is 23.9 Å². The molecule has 1 amide bonds. The van der Waals surface area contributed by atoms with Gasteiger partial charge in [0.15, 0.2) is 0 Å². The number of carboxylic acids is 1. The molecule has 148 valence electrons. The van der Waals surface area contributed by atoms with E-state index in [0.717, 1.165) is 6.21 Å². The molecule has 26 heavy (non-hydrogen) atoms. The van der Waals surface area contributed by atoms with Gasteiger partial charge in [-0.1, -0.05) is 0 Å². The summed E-state index contributed by atoms with van der Waals surface area (Å²) in [7, 11) is 0. The minimum atomic E-state index is -0.906. The second kappa shape index (κ2) is 16.3. The number of nitrogens with two attached hydrogens (primary N) is 1. The van der Waals surface area contributed by atoms with Crippen LogP contribution in [0.25, 0.3) is 5.53 Å². The summed E-state index contributed by atoms with van der Waals surface area (Å²) in [5, 5.41) is 11.0. The number of nitrogens with zero attached hydrogens (tertiary/aromatic N) is 2. The number of rotatable bonds is 17. The van der Waals surface area contributed by atoms with Gasteiger partial charge in [0.25, 0.3) is 0 Å². The van der Waals surface area contributed by atoms with Crippen molar-refractivity contribution in [3.63, 3.8) is 0 Å². The fourth-order valence-electron chi connectivity index (χ4n) is 1.64. The number of Topliss-reactive ketones (excluding diaryl/α,β-unsaturated/α-hetero) is 1. The number of carbonyl (C=O) groups is 3. The molecule has 0 bridgehead atoms. The van der Waals surface area contributed by atoms with Gasteiger partial charge in [0.05, 0.1) is 52.1 Å². The van der Waals surface area contributed by atoms with Gasteiger partial charge in [-0.05, 0) is 6.42 Å². The van der Waals surface area contributed by atoms with E-state index in [1.165, 1.54) is 0 Å². The highest BCUT2D eigenvalue weighted by molar-refractivity contribution is 6.25. The number of carboxylic acid groups (broad SMARTS) is 1. The van der Waals surface area contributed by atoms with Crippen LogP contribution in [0.5, 0.6) is 0 Å². The summed E-state index contributed by atoms with van der Waals surface area (Å²) in [4.78, 5) is 35.6. The predicted octanol–water partition coefficient (Wildman–Crippen LogP) is -1.40. The van der Waals surface area contributed by atoms with Crippen LogP contribution in [0.4, 0.5) is 0 Å². The van der Waals surface area contributed by atoms with Gasteiger partial charge in [0.1, 0.15) is 0 Å². The van der Waals surface area contributed by atoms with Crippen LogP contribution in [-0.2, 0) is 28.6 Å². The van der Waals surface area contributed by atoms with E-state index < -0.39 is 23.7 Å². The molecule has 0 spiro atoms. The molecular formula is C15H26N4O7. The van der Waals surface area contributed by atoms with Crippen molar-refractivity contribution in [2.24, 2.45) is 5.73 Å². The van der Waals surface area contributed by atoms with E-state index in [4.69, 9.17) is 30.6 Å². The van der Waals surface area contributed by atoms with Crippen LogP contribution in [0.3, 0.4) is 0 Å². The molecule has 0 rings (SSSR count). The van der Waals surface area contributed by atoms with Gasteiger partial charge in [-0.25, -0.2) is 0 Å². The van der Waals surface area contributed by atoms with E-state index in [-0.39, 0.29) is 39.0 Å². The standard InChI is InChI=1S/C15H26N4O7/c16-13(2-1-12(20)11-19-17)15(23)18-4-6-25-8-10-26-9-7-24-5-3-14(21)22/h11,13H,1-10,16H2,(H,18,23)(H,21,22)/t13-/m0/s1. The lowest BCUT2D eigenvalue weighted by Gasteiger charge is -2.11. The van der Waals surface area contributed by atoms with Crippen LogP contribution in [0.2, 0.25) is 0 Å². The highest BCUT2D eigenvalue weighted by Gasteiger charge is 2.15. The average molecular weight is 374 g/mol. The Hall–Kier alpha value is -2.17. The van der Waals surface area contributed by atoms with E-state index in [1.807, 2.05) is 0 Å². The number of hydrogen-bond donors (Lipinski definition) is 3. The number of hydrogen-bond acceptors (Lipinski definition) is 7. The second-order valence-electron chi connectivity index (χ2n) is 5.13. The Balaban J connectivity index is 3.43. The summed E-state index contributed by atoms with van der Waals surface area (Å²) in [6.45, 7) is 2.06. The third-order valence-electron chi connectivity index (χ3n) is 2.99. The van der Waals surface area contributed by atoms with Crippen molar-refractivity contribution in [1.82, 2.24) is 5.32 Å². The molecule has 0 aliphatic rings. The average Bonchev–Trinajstić information content (AvgIpc) is 2.60. The van der Waals surface area contributed by atoms with Crippen molar-refractivity contribution in [2.75, 3.05) is 46.2 Å². The molecule has 0 aromatic carbocycles. The lowest BCUT2D eigenvalue weighted by atomic mass is 10.1. The van der Waals surface area contributed by atoms with Crippen molar-refractivity contribution in [2.45, 2.75) is 25.3 Å². The molecule has 0 unspecified atom stereocenters. The summed E-state index contributed by atoms with van der Waals surface area (Å²) in [6, 6.07) is -0.824. The first kappa shape index (κ1) is 23.8. The largest absolute Gasteiger partial charge is 0.481 e. The Morgan fingerprint density at radius 2 is 1.62 bits per heavy atom. The zero-order valence-corrected chi connectivity index (χ0v) is 14.6. The van der Waals surface area contributed by atoms with Gasteiger partial charge in [-0.15, -0.1) is 0 Å². The van der Waals surface area contributed by atoms with E-state index in [9.17, 15) is 14.4 Å². The van der Waals surface area contributed by atoms with Crippen LogP contribution >= 0.6 is 0 Å². The smallest absolute Gasteiger partial charge is 0.323 e. The lowest BCUT2D eigenvalue weighted by molar-refractivity contribution is -0.138. The van der Waals surface area contributed by atoms with Gasteiger partial charge < -0.3 is 35.9 Å². The van der Waals surface area contributed by atoms with E-state index in [2.05, 4.69) is 10.1 Å². The molecule has 0 radical (unpaired) electrons. The maximum atomic E-state index is 11.7. The minimum absolute atomic E-state index is 0.0203.